The number of nitrogens with one attached hydrogen (secondary N) is 1. The number of aromatic nitrogens is 2. The smallest absolute Gasteiger partial charge is 0.223 e. The first-order chi connectivity index (χ1) is 9.17. The molecule has 0 aliphatic heterocycles. The molecule has 100 valence electrons. The minimum absolute atomic E-state index is 0.228. The largest absolute Gasteiger partial charge is 0.370 e. The van der Waals surface area contributed by atoms with Crippen LogP contribution in [0.1, 0.15) is 13.3 Å². The van der Waals surface area contributed by atoms with Gasteiger partial charge in [-0.1, -0.05) is 18.7 Å². The maximum Gasteiger partial charge on any atom is 0.223 e. The fourth-order valence-electron chi connectivity index (χ4n) is 1.46. The lowest BCUT2D eigenvalue weighted by Crippen LogP contribution is -2.05. The Hall–Kier alpha value is -1.82. The van der Waals surface area contributed by atoms with E-state index in [9.17, 15) is 4.39 Å². The summed E-state index contributed by atoms with van der Waals surface area (Å²) in [5.41, 5.74) is 5.67. The van der Waals surface area contributed by atoms with E-state index in [1.165, 1.54) is 23.9 Å². The zero-order chi connectivity index (χ0) is 13.7. The van der Waals surface area contributed by atoms with E-state index < -0.39 is 0 Å². The number of nitrogens with zero attached hydrogens (tertiary/aromatic N) is 2. The summed E-state index contributed by atoms with van der Waals surface area (Å²) in [5, 5.41) is 3.90. The molecule has 2 rings (SSSR count). The van der Waals surface area contributed by atoms with Gasteiger partial charge in [-0.3, -0.25) is 0 Å². The summed E-state index contributed by atoms with van der Waals surface area (Å²) in [5.74, 6) is 0.682. The maximum absolute atomic E-state index is 12.8. The zero-order valence-corrected chi connectivity index (χ0v) is 11.4. The third kappa shape index (κ3) is 4.10. The molecule has 0 amide bonds. The Morgan fingerprint density at radius 2 is 2.00 bits per heavy atom. The molecule has 19 heavy (non-hydrogen) atoms. The van der Waals surface area contributed by atoms with Gasteiger partial charge in [0.05, 0.1) is 0 Å². The molecule has 0 saturated carbocycles. The third-order valence-electron chi connectivity index (χ3n) is 2.31. The van der Waals surface area contributed by atoms with Crippen molar-refractivity contribution in [1.29, 1.82) is 0 Å². The first-order valence-electron chi connectivity index (χ1n) is 5.99. The van der Waals surface area contributed by atoms with Gasteiger partial charge in [0.2, 0.25) is 5.95 Å². The number of hydrogen-bond acceptors (Lipinski definition) is 5. The third-order valence-corrected chi connectivity index (χ3v) is 3.24. The van der Waals surface area contributed by atoms with Gasteiger partial charge in [0, 0.05) is 17.5 Å². The molecule has 0 fully saturated rings. The molecule has 0 bridgehead atoms. The van der Waals surface area contributed by atoms with Crippen LogP contribution in [-0.2, 0) is 0 Å². The minimum atomic E-state index is -0.253. The highest BCUT2D eigenvalue weighted by molar-refractivity contribution is 7.99. The van der Waals surface area contributed by atoms with Crippen molar-refractivity contribution in [2.75, 3.05) is 17.6 Å². The highest BCUT2D eigenvalue weighted by Crippen LogP contribution is 2.27. The number of nitrogens with two attached hydrogens (primary N) is 1. The molecular weight excluding hydrogens is 263 g/mol. The van der Waals surface area contributed by atoms with Gasteiger partial charge in [0.25, 0.3) is 0 Å². The summed E-state index contributed by atoms with van der Waals surface area (Å²) in [4.78, 5) is 9.17. The van der Waals surface area contributed by atoms with Gasteiger partial charge in [0.1, 0.15) is 16.7 Å². The summed E-state index contributed by atoms with van der Waals surface area (Å²) in [6.07, 6.45) is 1.00. The predicted octanol–water partition coefficient (Wildman–Crippen LogP) is 3.17. The van der Waals surface area contributed by atoms with Gasteiger partial charge >= 0.3 is 0 Å². The van der Waals surface area contributed by atoms with Crippen molar-refractivity contribution in [1.82, 2.24) is 9.97 Å². The molecule has 0 spiro atoms. The number of benzene rings is 1. The molecule has 0 saturated heterocycles. The Kier molecular flexibility index (Phi) is 4.57. The molecule has 1 heterocycles. The van der Waals surface area contributed by atoms with Gasteiger partial charge in [0.15, 0.2) is 0 Å². The monoisotopic (exact) mass is 278 g/mol. The summed E-state index contributed by atoms with van der Waals surface area (Å²) in [6.45, 7) is 2.91. The van der Waals surface area contributed by atoms with Crippen molar-refractivity contribution in [3.8, 4) is 0 Å². The molecule has 0 aliphatic carbocycles. The van der Waals surface area contributed by atoms with Crippen LogP contribution in [0.4, 0.5) is 16.2 Å². The van der Waals surface area contributed by atoms with Crippen molar-refractivity contribution >= 4 is 23.5 Å². The molecule has 0 aliphatic rings. The fraction of sp³-hybridized carbons (Fsp3) is 0.231. The molecular formula is C13H15FN4S. The van der Waals surface area contributed by atoms with Crippen LogP contribution < -0.4 is 11.1 Å². The number of halogens is 1. The van der Waals surface area contributed by atoms with Crippen LogP contribution in [0.3, 0.4) is 0 Å². The van der Waals surface area contributed by atoms with Crippen molar-refractivity contribution in [3.63, 3.8) is 0 Å². The van der Waals surface area contributed by atoms with E-state index in [1.54, 1.807) is 12.1 Å². The average Bonchev–Trinajstić information content (AvgIpc) is 2.38. The van der Waals surface area contributed by atoms with Gasteiger partial charge < -0.3 is 11.1 Å². The summed E-state index contributed by atoms with van der Waals surface area (Å²) < 4.78 is 12.8. The minimum Gasteiger partial charge on any atom is -0.370 e. The Balaban J connectivity index is 2.15. The molecule has 3 N–H and O–H groups in total. The summed E-state index contributed by atoms with van der Waals surface area (Å²) in [7, 11) is 0. The predicted molar refractivity (Wildman–Crippen MR) is 75.7 cm³/mol. The lowest BCUT2D eigenvalue weighted by molar-refractivity contribution is 0.626. The quantitative estimate of drug-likeness (QED) is 0.822. The van der Waals surface area contributed by atoms with Gasteiger partial charge in [-0.05, 0) is 30.7 Å². The van der Waals surface area contributed by atoms with E-state index in [2.05, 4.69) is 22.2 Å². The zero-order valence-electron chi connectivity index (χ0n) is 10.6. The fourth-order valence-corrected chi connectivity index (χ4v) is 2.29. The number of anilines is 2. The second kappa shape index (κ2) is 6.38. The normalized spacial score (nSPS) is 10.4. The highest BCUT2D eigenvalue weighted by Gasteiger charge is 2.04. The molecule has 0 radical (unpaired) electrons. The van der Waals surface area contributed by atoms with Crippen molar-refractivity contribution in [2.45, 2.75) is 23.3 Å². The second-order valence-electron chi connectivity index (χ2n) is 3.93. The standard InChI is InChI=1S/C13H15FN4S/c1-2-7-16-11-8-12(18-13(15)17-11)19-10-5-3-9(14)4-6-10/h3-6,8H,2,7H2,1H3,(H3,15,16,17,18). The Morgan fingerprint density at radius 1 is 1.26 bits per heavy atom. The molecule has 6 heteroatoms. The first kappa shape index (κ1) is 13.6. The maximum atomic E-state index is 12.8. The van der Waals surface area contributed by atoms with E-state index in [0.717, 1.165) is 22.9 Å². The van der Waals surface area contributed by atoms with Crippen LogP contribution in [0, 0.1) is 5.82 Å². The molecule has 2 aromatic rings. The lowest BCUT2D eigenvalue weighted by atomic mass is 10.4. The van der Waals surface area contributed by atoms with Gasteiger partial charge in [-0.25, -0.2) is 9.37 Å². The molecule has 1 aromatic heterocycles. The van der Waals surface area contributed by atoms with Crippen LogP contribution in [0.5, 0.6) is 0 Å². The van der Waals surface area contributed by atoms with E-state index in [-0.39, 0.29) is 11.8 Å². The van der Waals surface area contributed by atoms with Crippen molar-refractivity contribution in [3.05, 3.63) is 36.1 Å². The Labute approximate surface area is 115 Å². The molecule has 4 nitrogen and oxygen atoms in total. The lowest BCUT2D eigenvalue weighted by Gasteiger charge is -2.07. The SMILES string of the molecule is CCCNc1cc(Sc2ccc(F)cc2)nc(N)n1. The average molecular weight is 278 g/mol. The number of hydrogen-bond donors (Lipinski definition) is 2. The second-order valence-corrected chi connectivity index (χ2v) is 5.03. The van der Waals surface area contributed by atoms with Crippen LogP contribution in [0.25, 0.3) is 0 Å². The number of rotatable bonds is 5. The highest BCUT2D eigenvalue weighted by atomic mass is 32.2. The Bertz CT molecular complexity index is 545. The summed E-state index contributed by atoms with van der Waals surface area (Å²) >= 11 is 1.42. The summed E-state index contributed by atoms with van der Waals surface area (Å²) in [6, 6.07) is 8.08. The first-order valence-corrected chi connectivity index (χ1v) is 6.81. The Morgan fingerprint density at radius 3 is 2.68 bits per heavy atom. The van der Waals surface area contributed by atoms with E-state index in [1.807, 2.05) is 6.07 Å². The molecule has 0 atom stereocenters. The van der Waals surface area contributed by atoms with Crippen LogP contribution in [0.2, 0.25) is 0 Å². The van der Waals surface area contributed by atoms with Crippen molar-refractivity contribution < 1.29 is 4.39 Å². The van der Waals surface area contributed by atoms with E-state index in [4.69, 9.17) is 5.73 Å². The van der Waals surface area contributed by atoms with Crippen LogP contribution >= 0.6 is 11.8 Å². The van der Waals surface area contributed by atoms with Gasteiger partial charge in [-0.15, -0.1) is 0 Å². The topological polar surface area (TPSA) is 63.8 Å². The van der Waals surface area contributed by atoms with Crippen molar-refractivity contribution in [2.24, 2.45) is 0 Å². The number of nitrogen functional groups attached to an aromatic ring is 1. The van der Waals surface area contributed by atoms with E-state index >= 15 is 0 Å². The van der Waals surface area contributed by atoms with Gasteiger partial charge in [-0.2, -0.15) is 4.98 Å². The molecule has 1 aromatic carbocycles. The molecule has 0 unspecified atom stereocenters. The van der Waals surface area contributed by atoms with Crippen LogP contribution in [0.15, 0.2) is 40.3 Å². The van der Waals surface area contributed by atoms with Crippen LogP contribution in [-0.4, -0.2) is 16.5 Å². The van der Waals surface area contributed by atoms with E-state index in [0.29, 0.717) is 5.82 Å².